The summed E-state index contributed by atoms with van der Waals surface area (Å²) in [4.78, 5) is 48.0. The minimum atomic E-state index is -5.97. The summed E-state index contributed by atoms with van der Waals surface area (Å²) < 4.78 is 110. The van der Waals surface area contributed by atoms with Gasteiger partial charge < -0.3 is 43.5 Å². The van der Waals surface area contributed by atoms with Gasteiger partial charge in [-0.05, 0) is 6.10 Å². The van der Waals surface area contributed by atoms with E-state index in [-0.39, 0.29) is 48.3 Å². The smallest absolute Gasteiger partial charge is 0.432 e. The number of nitrogens with zero attached hydrogens (tertiary/aromatic N) is 1. The van der Waals surface area contributed by atoms with Crippen LogP contribution in [0.3, 0.4) is 0 Å². The number of H-pyrrole nitrogens is 1. The van der Waals surface area contributed by atoms with Crippen LogP contribution >= 0.6 is 35.7 Å². The quantitative estimate of drug-likeness (QED) is 0.0804. The van der Waals surface area contributed by atoms with E-state index in [0.29, 0.717) is 0 Å². The molecule has 14 nitrogen and oxygen atoms in total. The number of aliphatic hydroxyl groups is 1. The van der Waals surface area contributed by atoms with Crippen molar-refractivity contribution in [2.24, 2.45) is 0 Å². The number of nitrogens with one attached hydrogen (secondary N) is 1. The third kappa shape index (κ3) is 10.2. The van der Waals surface area contributed by atoms with Crippen molar-refractivity contribution in [3.63, 3.8) is 0 Å². The molecule has 0 spiro atoms. The van der Waals surface area contributed by atoms with Crippen molar-refractivity contribution in [3.8, 4) is 0 Å². The van der Waals surface area contributed by atoms with Crippen LogP contribution in [0.25, 0.3) is 0 Å². The van der Waals surface area contributed by atoms with Gasteiger partial charge in [-0.15, -0.1) is 0 Å². The van der Waals surface area contributed by atoms with Crippen LogP contribution in [0, 0.1) is 54.5 Å². The molecule has 194 valence electrons. The first kappa shape index (κ1) is 34.0. The average molecular weight is 810 g/mol. The van der Waals surface area contributed by atoms with Gasteiger partial charge in [0.15, 0.2) is 5.67 Å². The molecule has 0 aliphatic carbocycles. The first-order valence-electron chi connectivity index (χ1n) is 7.51. The van der Waals surface area contributed by atoms with Gasteiger partial charge in [0.25, 0.3) is 0 Å². The van der Waals surface area contributed by atoms with Crippen molar-refractivity contribution in [1.29, 1.82) is 0 Å². The Morgan fingerprint density at radius 3 is 2.12 bits per heavy atom. The third-order valence-electron chi connectivity index (χ3n) is 3.09. The summed E-state index contributed by atoms with van der Waals surface area (Å²) in [5.74, 6) is -1.43. The second-order valence-corrected chi connectivity index (χ2v) is 10.4. The molecule has 0 amide bonds. The molecule has 1 heterocycles. The van der Waals surface area contributed by atoms with Gasteiger partial charge in [0.2, 0.25) is 5.69 Å². The monoisotopic (exact) mass is 810 g/mol. The van der Waals surface area contributed by atoms with Crippen molar-refractivity contribution in [2.45, 2.75) is 17.9 Å². The Morgan fingerprint density at radius 1 is 1.12 bits per heavy atom. The molecule has 24 heteroatoms. The van der Waals surface area contributed by atoms with Crippen molar-refractivity contribution in [1.82, 2.24) is 9.55 Å². The topological polar surface area (TPSA) is 218 Å². The molecule has 1 rings (SSSR count). The zero-order valence-electron chi connectivity index (χ0n) is 15.7. The minimum Gasteiger partial charge on any atom is -0.432 e. The van der Waals surface area contributed by atoms with E-state index in [0.717, 1.165) is 0 Å². The van der Waals surface area contributed by atoms with Gasteiger partial charge in [-0.1, -0.05) is 31.6 Å². The predicted molar refractivity (Wildman–Crippen MR) is 95.6 cm³/mol. The third-order valence-corrected chi connectivity index (χ3v) is 7.19. The molecule has 0 aromatic carbocycles. The minimum absolute atomic E-state index is 0. The molecule has 0 bridgehead atoms. The number of phosphoric ester groups is 1. The summed E-state index contributed by atoms with van der Waals surface area (Å²) in [5, 5.41) is 9.62. The van der Waals surface area contributed by atoms with Crippen LogP contribution in [-0.4, -0.2) is 58.8 Å². The summed E-state index contributed by atoms with van der Waals surface area (Å²) >= 11 is 4.33. The fourth-order valence-corrected chi connectivity index (χ4v) is 4.89. The first-order chi connectivity index (χ1) is 14.6. The molecule has 1 aromatic rings. The Bertz CT molecular complexity index is 1130. The van der Waals surface area contributed by atoms with Gasteiger partial charge in [-0.2, -0.15) is 21.8 Å². The Balaban J connectivity index is 0.0000109. The van der Waals surface area contributed by atoms with E-state index in [9.17, 15) is 50.4 Å². The molecule has 6 N–H and O–H groups in total. The van der Waals surface area contributed by atoms with E-state index in [1.807, 2.05) is 0 Å². The predicted octanol–water partition coefficient (Wildman–Crippen LogP) is 1.23. The molecule has 4 atom stereocenters. The van der Waals surface area contributed by atoms with Gasteiger partial charge in [-0.25, -0.2) is 22.5 Å². The molecule has 1 aromatic heterocycles. The number of hydrogen-bond acceptors (Lipinski definition) is 9. The van der Waals surface area contributed by atoms with Crippen LogP contribution in [0.4, 0.5) is 22.0 Å². The van der Waals surface area contributed by atoms with E-state index in [1.54, 1.807) is 4.98 Å². The van der Waals surface area contributed by atoms with Crippen molar-refractivity contribution >= 4 is 35.7 Å². The standard InChI is InChI=1S/C10H12F5N2O12P3S.U/c11-5-3-17(8(19)16-7(5)33)4-9(12,10(13,14)15)6(18)1-2-27-31(23,24)29-32(25,26)28-30(20,21)22;/h1,3-4,6,18H,2H2,(H,23,24)(H,25,26)(H,16,19,33)(H2,20,21,22);/q-2;+2/t6-,9?;/m0./s1. The molecule has 3 unspecified atom stereocenters. The van der Waals surface area contributed by atoms with Crippen LogP contribution in [0.2, 0.25) is 0 Å². The zero-order chi connectivity index (χ0) is 26.0. The fourth-order valence-electron chi connectivity index (χ4n) is 1.78. The maximum atomic E-state index is 14.7. The number of rotatable bonds is 11. The Labute approximate surface area is 213 Å². The number of halogens is 5. The first-order valence-corrected chi connectivity index (χ1v) is 12.4. The van der Waals surface area contributed by atoms with Crippen LogP contribution in [0.15, 0.2) is 11.0 Å². The van der Waals surface area contributed by atoms with Gasteiger partial charge >= 0.3 is 60.8 Å². The van der Waals surface area contributed by atoms with Gasteiger partial charge in [0.1, 0.15) is 10.5 Å². The second kappa shape index (κ2) is 12.1. The van der Waals surface area contributed by atoms with Crippen molar-refractivity contribution in [3.05, 3.63) is 40.1 Å². The fraction of sp³-hybridized carbons (Fsp3) is 0.400. The normalized spacial score (nSPS) is 18.6. The van der Waals surface area contributed by atoms with Gasteiger partial charge in [0, 0.05) is 0 Å². The van der Waals surface area contributed by atoms with Crippen molar-refractivity contribution < 1.29 is 105 Å². The number of aliphatic hydroxyl groups excluding tert-OH is 1. The Hall–Kier alpha value is 0.0419. The summed E-state index contributed by atoms with van der Waals surface area (Å²) in [6, 6.07) is 0. The maximum absolute atomic E-state index is 14.7. The van der Waals surface area contributed by atoms with Gasteiger partial charge in [0.05, 0.1) is 0 Å². The van der Waals surface area contributed by atoms with Crippen LogP contribution < -0.4 is 5.69 Å². The molecule has 34 heavy (non-hydrogen) atoms. The molecule has 0 saturated heterocycles. The number of aromatic amines is 1. The van der Waals surface area contributed by atoms with Crippen molar-refractivity contribution in [2.75, 3.05) is 6.61 Å². The van der Waals surface area contributed by atoms with Crippen LogP contribution in [0.5, 0.6) is 0 Å². The summed E-state index contributed by atoms with van der Waals surface area (Å²) in [7, 11) is -17.5. The summed E-state index contributed by atoms with van der Waals surface area (Å²) in [6.07, 6.45) is -9.36. The number of alkyl halides is 4. The van der Waals surface area contributed by atoms with E-state index in [4.69, 9.17) is 14.7 Å². The molecule has 0 aliphatic rings. The number of phosphoric acid groups is 3. The van der Waals surface area contributed by atoms with E-state index >= 15 is 0 Å². The molecular weight excluding hydrogens is 798 g/mol. The molecule has 0 aliphatic heterocycles. The Kier molecular flexibility index (Phi) is 12.1. The average Bonchev–Trinajstić information content (AvgIpc) is 2.54. The Morgan fingerprint density at radius 2 is 1.65 bits per heavy atom. The van der Waals surface area contributed by atoms with E-state index in [2.05, 4.69) is 25.4 Å². The SMILES string of the molecule is O=c1[nH]c(=S)c(F)cn1[CH-]C(F)([C@@H](O)[CH-]COP(=O)(O)OP(=O)(O)OP(=O)(O)O)C(F)(F)F.[U+2]. The largest absolute Gasteiger partial charge is 2.00 e. The van der Waals surface area contributed by atoms with Gasteiger partial charge in [-0.3, -0.25) is 6.42 Å². The van der Waals surface area contributed by atoms with Crippen LogP contribution in [-0.2, 0) is 26.8 Å². The molecular formula is C10H12F5N2O12P3SU. The molecule has 0 radical (unpaired) electrons. The summed E-state index contributed by atoms with van der Waals surface area (Å²) in [5.41, 5.74) is -6.37. The molecule has 0 fully saturated rings. The molecule has 0 saturated carbocycles. The number of aromatic nitrogens is 2. The van der Waals surface area contributed by atoms with E-state index in [1.165, 1.54) is 0 Å². The summed E-state index contributed by atoms with van der Waals surface area (Å²) in [6.45, 7) is -2.20. The number of hydrogen-bond donors (Lipinski definition) is 6. The maximum Gasteiger partial charge on any atom is 2.00 e. The van der Waals surface area contributed by atoms with Crippen LogP contribution in [0.1, 0.15) is 0 Å². The second-order valence-electron chi connectivity index (χ2n) is 5.61. The van der Waals surface area contributed by atoms with E-state index < -0.39 is 70.7 Å². The zero-order valence-corrected chi connectivity index (χ0v) is 23.4.